The van der Waals surface area contributed by atoms with Crippen molar-refractivity contribution in [3.8, 4) is 6.07 Å². The number of amides is 2. The van der Waals surface area contributed by atoms with E-state index in [0.29, 0.717) is 34.9 Å². The average molecular weight is 493 g/mol. The molecule has 2 amide bonds. The normalized spacial score (nSPS) is 13.6. The molecule has 2 aromatic carbocycles. The molecule has 0 fully saturated rings. The second kappa shape index (κ2) is 11.3. The molecule has 1 heterocycles. The first kappa shape index (κ1) is 26.2. The quantitative estimate of drug-likeness (QED) is 0.303. The molecule has 188 valence electrons. The zero-order valence-corrected chi connectivity index (χ0v) is 20.0. The van der Waals surface area contributed by atoms with Gasteiger partial charge in [-0.2, -0.15) is 5.26 Å². The lowest BCUT2D eigenvalue weighted by Gasteiger charge is -2.23. The Hall–Kier alpha value is -4.43. The number of aliphatic hydroxyl groups is 1. The molecule has 0 saturated carbocycles. The van der Waals surface area contributed by atoms with Gasteiger partial charge in [0.15, 0.2) is 5.96 Å². The van der Waals surface area contributed by atoms with Gasteiger partial charge >= 0.3 is 5.97 Å². The first-order valence-corrected chi connectivity index (χ1v) is 11.3. The molecule has 0 aliphatic carbocycles. The van der Waals surface area contributed by atoms with Crippen molar-refractivity contribution in [1.82, 2.24) is 16.0 Å². The minimum Gasteiger partial charge on any atom is -0.481 e. The second-order valence-electron chi connectivity index (χ2n) is 8.78. The summed E-state index contributed by atoms with van der Waals surface area (Å²) >= 11 is 0. The van der Waals surface area contributed by atoms with Crippen molar-refractivity contribution in [2.45, 2.75) is 31.9 Å². The number of benzene rings is 2. The SMILES string of the molecule is CC(C)(O)c1cc(C#N)cc(C(CC(=O)O)NC(=O)CNC(=O)c2cccc(NC3=NCCN3)c2)c1. The lowest BCUT2D eigenvalue weighted by atomic mass is 9.91. The molecule has 0 aromatic heterocycles. The first-order valence-electron chi connectivity index (χ1n) is 11.3. The van der Waals surface area contributed by atoms with Crippen molar-refractivity contribution in [2.24, 2.45) is 4.99 Å². The van der Waals surface area contributed by atoms with E-state index in [1.807, 2.05) is 6.07 Å². The van der Waals surface area contributed by atoms with Crippen LogP contribution in [0.5, 0.6) is 0 Å². The highest BCUT2D eigenvalue weighted by atomic mass is 16.4. The molecule has 6 N–H and O–H groups in total. The van der Waals surface area contributed by atoms with Crippen LogP contribution in [-0.2, 0) is 15.2 Å². The topological polar surface area (TPSA) is 176 Å². The molecule has 2 aromatic rings. The minimum atomic E-state index is -1.28. The minimum absolute atomic E-state index is 0.217. The van der Waals surface area contributed by atoms with Crippen LogP contribution < -0.4 is 21.3 Å². The number of aliphatic carboxylic acids is 1. The number of nitrogens with zero attached hydrogens (tertiary/aromatic N) is 2. The number of hydrogen-bond acceptors (Lipinski definition) is 8. The average Bonchev–Trinajstić information content (AvgIpc) is 3.34. The summed E-state index contributed by atoms with van der Waals surface area (Å²) in [4.78, 5) is 40.9. The van der Waals surface area contributed by atoms with Gasteiger partial charge in [-0.3, -0.25) is 19.4 Å². The molecular weight excluding hydrogens is 464 g/mol. The Morgan fingerprint density at radius 3 is 2.64 bits per heavy atom. The summed E-state index contributed by atoms with van der Waals surface area (Å²) < 4.78 is 0. The third-order valence-corrected chi connectivity index (χ3v) is 5.38. The fraction of sp³-hybridized carbons (Fsp3) is 0.320. The molecule has 1 unspecified atom stereocenters. The van der Waals surface area contributed by atoms with Crippen LogP contribution in [0.4, 0.5) is 5.69 Å². The second-order valence-corrected chi connectivity index (χ2v) is 8.78. The van der Waals surface area contributed by atoms with Crippen LogP contribution in [0.3, 0.4) is 0 Å². The zero-order chi connectivity index (χ0) is 26.3. The molecule has 0 bridgehead atoms. The van der Waals surface area contributed by atoms with Gasteiger partial charge in [-0.25, -0.2) is 0 Å². The van der Waals surface area contributed by atoms with E-state index in [2.05, 4.69) is 26.3 Å². The number of anilines is 1. The van der Waals surface area contributed by atoms with Crippen molar-refractivity contribution >= 4 is 29.4 Å². The standard InChI is InChI=1S/C25H28N6O5/c1-25(2,36)18-9-15(13-26)8-17(10-18)20(12-22(33)34)31-21(32)14-29-23(35)16-4-3-5-19(11-16)30-24-27-6-7-28-24/h3-5,8-11,20,36H,6-7,12,14H2,1-2H3,(H,29,35)(H,31,32)(H,33,34)(H2,27,28,30). The number of carboxylic acids is 1. The molecule has 1 aliphatic rings. The molecule has 36 heavy (non-hydrogen) atoms. The third kappa shape index (κ3) is 7.28. The molecule has 11 heteroatoms. The summed E-state index contributed by atoms with van der Waals surface area (Å²) in [5.74, 6) is -1.65. The fourth-order valence-corrected chi connectivity index (χ4v) is 3.56. The van der Waals surface area contributed by atoms with E-state index in [1.165, 1.54) is 26.0 Å². The number of hydrogen-bond donors (Lipinski definition) is 6. The monoisotopic (exact) mass is 492 g/mol. The predicted octanol–water partition coefficient (Wildman–Crippen LogP) is 1.22. The number of carbonyl (C=O) groups excluding carboxylic acids is 2. The fourth-order valence-electron chi connectivity index (χ4n) is 3.56. The van der Waals surface area contributed by atoms with Crippen LogP contribution in [0.15, 0.2) is 47.5 Å². The summed E-state index contributed by atoms with van der Waals surface area (Å²) in [7, 11) is 0. The molecule has 1 aliphatic heterocycles. The molecular formula is C25H28N6O5. The lowest BCUT2D eigenvalue weighted by Crippen LogP contribution is -2.39. The highest BCUT2D eigenvalue weighted by Crippen LogP contribution is 2.26. The van der Waals surface area contributed by atoms with E-state index in [9.17, 15) is 29.9 Å². The smallest absolute Gasteiger partial charge is 0.305 e. The van der Waals surface area contributed by atoms with Crippen LogP contribution in [-0.4, -0.2) is 53.6 Å². The van der Waals surface area contributed by atoms with Gasteiger partial charge in [-0.05, 0) is 55.3 Å². The Bertz CT molecular complexity index is 1230. The summed E-state index contributed by atoms with van der Waals surface area (Å²) in [5, 5.41) is 40.3. The van der Waals surface area contributed by atoms with Gasteiger partial charge in [-0.1, -0.05) is 12.1 Å². The Balaban J connectivity index is 1.68. The number of nitrogens with one attached hydrogen (secondary N) is 4. The Morgan fingerprint density at radius 2 is 2.00 bits per heavy atom. The molecule has 3 rings (SSSR count). The maximum absolute atomic E-state index is 12.6. The summed E-state index contributed by atoms with van der Waals surface area (Å²) in [6, 6.07) is 12.2. The van der Waals surface area contributed by atoms with Gasteiger partial charge in [0.1, 0.15) is 0 Å². The largest absolute Gasteiger partial charge is 0.481 e. The van der Waals surface area contributed by atoms with Crippen molar-refractivity contribution in [1.29, 1.82) is 5.26 Å². The van der Waals surface area contributed by atoms with Gasteiger partial charge in [0, 0.05) is 17.8 Å². The van der Waals surface area contributed by atoms with Crippen LogP contribution >= 0.6 is 0 Å². The highest BCUT2D eigenvalue weighted by molar-refractivity contribution is 5.99. The number of carboxylic acid groups (broad SMARTS) is 1. The Kier molecular flexibility index (Phi) is 8.24. The van der Waals surface area contributed by atoms with Crippen LogP contribution in [0.1, 0.15) is 53.4 Å². The lowest BCUT2D eigenvalue weighted by molar-refractivity contribution is -0.137. The molecule has 1 atom stereocenters. The predicted molar refractivity (Wildman–Crippen MR) is 132 cm³/mol. The van der Waals surface area contributed by atoms with E-state index in [1.54, 1.807) is 30.3 Å². The van der Waals surface area contributed by atoms with Crippen LogP contribution in [0.25, 0.3) is 0 Å². The summed E-state index contributed by atoms with van der Waals surface area (Å²) in [6.45, 7) is 4.09. The number of aliphatic imine (C=N–C) groups is 1. The van der Waals surface area contributed by atoms with E-state index in [4.69, 9.17) is 0 Å². The van der Waals surface area contributed by atoms with Crippen LogP contribution in [0, 0.1) is 11.3 Å². The highest BCUT2D eigenvalue weighted by Gasteiger charge is 2.23. The van der Waals surface area contributed by atoms with Crippen molar-refractivity contribution < 1.29 is 24.6 Å². The van der Waals surface area contributed by atoms with E-state index < -0.39 is 42.4 Å². The number of guanidine groups is 1. The summed E-state index contributed by atoms with van der Waals surface area (Å²) in [6.07, 6.45) is -0.453. The Labute approximate surface area is 208 Å². The molecule has 0 saturated heterocycles. The molecule has 0 spiro atoms. The maximum atomic E-state index is 12.6. The third-order valence-electron chi connectivity index (χ3n) is 5.38. The zero-order valence-electron chi connectivity index (χ0n) is 20.0. The van der Waals surface area contributed by atoms with Crippen LogP contribution in [0.2, 0.25) is 0 Å². The molecule has 0 radical (unpaired) electrons. The van der Waals surface area contributed by atoms with E-state index in [0.717, 1.165) is 6.54 Å². The van der Waals surface area contributed by atoms with Gasteiger partial charge in [0.25, 0.3) is 5.91 Å². The van der Waals surface area contributed by atoms with Crippen molar-refractivity contribution in [3.05, 3.63) is 64.7 Å². The maximum Gasteiger partial charge on any atom is 0.305 e. The Morgan fingerprint density at radius 1 is 1.22 bits per heavy atom. The number of carbonyl (C=O) groups is 3. The van der Waals surface area contributed by atoms with E-state index in [-0.39, 0.29) is 5.56 Å². The van der Waals surface area contributed by atoms with Gasteiger partial charge in [0.2, 0.25) is 5.91 Å². The van der Waals surface area contributed by atoms with Crippen molar-refractivity contribution in [2.75, 3.05) is 25.0 Å². The summed E-state index contributed by atoms with van der Waals surface area (Å²) in [5.41, 5.74) is 0.677. The molecule has 11 nitrogen and oxygen atoms in total. The number of rotatable bonds is 9. The van der Waals surface area contributed by atoms with E-state index >= 15 is 0 Å². The number of nitriles is 1. The van der Waals surface area contributed by atoms with Gasteiger partial charge < -0.3 is 31.5 Å². The van der Waals surface area contributed by atoms with Gasteiger partial charge in [0.05, 0.1) is 42.8 Å². The first-order chi connectivity index (χ1) is 17.0. The van der Waals surface area contributed by atoms with Crippen molar-refractivity contribution in [3.63, 3.8) is 0 Å². The van der Waals surface area contributed by atoms with Gasteiger partial charge in [-0.15, -0.1) is 0 Å².